The second-order valence-corrected chi connectivity index (χ2v) is 5.62. The molecule has 0 bridgehead atoms. The normalized spacial score (nSPS) is 18.3. The minimum absolute atomic E-state index is 0.108. The van der Waals surface area contributed by atoms with E-state index < -0.39 is 6.04 Å². The van der Waals surface area contributed by atoms with Gasteiger partial charge in [-0.05, 0) is 39.2 Å². The summed E-state index contributed by atoms with van der Waals surface area (Å²) in [6, 6.07) is 1.33. The maximum Gasteiger partial charge on any atom is 0.258 e. The fourth-order valence-corrected chi connectivity index (χ4v) is 2.84. The molecule has 1 aromatic heterocycles. The van der Waals surface area contributed by atoms with Gasteiger partial charge in [0.05, 0.1) is 12.2 Å². The lowest BCUT2D eigenvalue weighted by atomic mass is 10.00. The minimum Gasteiger partial charge on any atom is -0.466 e. The zero-order chi connectivity index (χ0) is 16.1. The molecule has 22 heavy (non-hydrogen) atoms. The Morgan fingerprint density at radius 3 is 2.82 bits per heavy atom. The summed E-state index contributed by atoms with van der Waals surface area (Å²) in [5, 5.41) is 2.83. The molecular weight excluding hydrogens is 284 g/mol. The van der Waals surface area contributed by atoms with Crippen LogP contribution < -0.4 is 5.32 Å². The van der Waals surface area contributed by atoms with Crippen LogP contribution in [0.3, 0.4) is 0 Å². The highest BCUT2D eigenvalue weighted by atomic mass is 16.5. The molecule has 1 atom stereocenters. The average Bonchev–Trinajstić information content (AvgIpc) is 2.85. The summed E-state index contributed by atoms with van der Waals surface area (Å²) >= 11 is 0. The quantitative estimate of drug-likeness (QED) is 0.840. The Morgan fingerprint density at radius 2 is 2.18 bits per heavy atom. The zero-order valence-electron chi connectivity index (χ0n) is 13.5. The van der Waals surface area contributed by atoms with E-state index in [0.29, 0.717) is 43.2 Å². The van der Waals surface area contributed by atoms with Gasteiger partial charge in [-0.25, -0.2) is 0 Å². The molecule has 122 valence electrons. The van der Waals surface area contributed by atoms with Crippen molar-refractivity contribution in [3.8, 4) is 0 Å². The Bertz CT molecular complexity index is 538. The molecule has 1 aromatic rings. The molecule has 1 N–H and O–H groups in total. The average molecular weight is 308 g/mol. The molecule has 1 fully saturated rings. The predicted octanol–water partition coefficient (Wildman–Crippen LogP) is 1.65. The third-order valence-electron chi connectivity index (χ3n) is 3.94. The van der Waals surface area contributed by atoms with E-state index in [-0.39, 0.29) is 11.8 Å². The van der Waals surface area contributed by atoms with Crippen molar-refractivity contribution in [1.82, 2.24) is 10.2 Å². The van der Waals surface area contributed by atoms with E-state index in [1.54, 1.807) is 25.0 Å². The van der Waals surface area contributed by atoms with Gasteiger partial charge in [0.25, 0.3) is 5.91 Å². The van der Waals surface area contributed by atoms with Crippen LogP contribution in [0.1, 0.15) is 41.1 Å². The number of likely N-dealkylation sites (tertiary alicyclic amines) is 1. The maximum absolute atomic E-state index is 12.7. The third kappa shape index (κ3) is 3.68. The van der Waals surface area contributed by atoms with E-state index in [0.717, 1.165) is 12.8 Å². The Morgan fingerprint density at radius 1 is 1.41 bits per heavy atom. The molecule has 6 nitrogen and oxygen atoms in total. The van der Waals surface area contributed by atoms with Gasteiger partial charge in [0.1, 0.15) is 17.6 Å². The van der Waals surface area contributed by atoms with Crippen molar-refractivity contribution >= 4 is 11.8 Å². The number of furan rings is 1. The summed E-state index contributed by atoms with van der Waals surface area (Å²) < 4.78 is 10.4. The summed E-state index contributed by atoms with van der Waals surface area (Å²) in [6.45, 7) is 5.11. The van der Waals surface area contributed by atoms with E-state index in [1.807, 2.05) is 6.92 Å². The highest BCUT2D eigenvalue weighted by Crippen LogP contribution is 2.23. The number of carbonyl (C=O) groups is 2. The number of hydrogen-bond acceptors (Lipinski definition) is 4. The van der Waals surface area contributed by atoms with Gasteiger partial charge in [-0.15, -0.1) is 0 Å². The van der Waals surface area contributed by atoms with E-state index in [4.69, 9.17) is 9.15 Å². The summed E-state index contributed by atoms with van der Waals surface area (Å²) in [5.74, 6) is 1.08. The van der Waals surface area contributed by atoms with Gasteiger partial charge < -0.3 is 19.4 Å². The van der Waals surface area contributed by atoms with E-state index in [2.05, 4.69) is 5.32 Å². The maximum atomic E-state index is 12.7. The fraction of sp³-hybridized carbons (Fsp3) is 0.625. The molecule has 0 aromatic carbocycles. The number of nitrogens with one attached hydrogen (secondary N) is 1. The Labute approximate surface area is 130 Å². The number of methoxy groups -OCH3 is 1. The van der Waals surface area contributed by atoms with Crippen LogP contribution in [0.15, 0.2) is 10.5 Å². The lowest BCUT2D eigenvalue weighted by Gasteiger charge is -2.34. The molecule has 2 amide bonds. The van der Waals surface area contributed by atoms with Crippen LogP contribution in [0.4, 0.5) is 0 Å². The van der Waals surface area contributed by atoms with Crippen LogP contribution in [0.5, 0.6) is 0 Å². The summed E-state index contributed by atoms with van der Waals surface area (Å²) in [6.07, 6.45) is 2.57. The highest BCUT2D eigenvalue weighted by molar-refractivity contribution is 5.98. The van der Waals surface area contributed by atoms with Gasteiger partial charge >= 0.3 is 0 Å². The third-order valence-corrected chi connectivity index (χ3v) is 3.94. The second kappa shape index (κ2) is 7.45. The van der Waals surface area contributed by atoms with Crippen molar-refractivity contribution in [2.24, 2.45) is 0 Å². The lowest BCUT2D eigenvalue weighted by molar-refractivity contribution is -0.126. The summed E-state index contributed by atoms with van der Waals surface area (Å²) in [7, 11) is 1.59. The van der Waals surface area contributed by atoms with Gasteiger partial charge in [0.2, 0.25) is 5.91 Å². The Kier molecular flexibility index (Phi) is 5.60. The molecule has 0 saturated carbocycles. The zero-order valence-corrected chi connectivity index (χ0v) is 13.5. The first-order chi connectivity index (χ1) is 10.5. The number of rotatable bonds is 5. The second-order valence-electron chi connectivity index (χ2n) is 5.62. The molecule has 1 aliphatic heterocycles. The number of nitrogens with zero attached hydrogens (tertiary/aromatic N) is 1. The number of aryl methyl sites for hydroxylation is 2. The standard InChI is InChI=1S/C16H24N2O4/c1-11-10-13(12(2)22-11)16(20)18-8-5-4-6-14(18)15(19)17-7-9-21-3/h10,14H,4-9H2,1-3H3,(H,17,19)/t14-/m0/s1. The number of carbonyl (C=O) groups excluding carboxylic acids is 2. The van der Waals surface area contributed by atoms with Crippen LogP contribution in [0.2, 0.25) is 0 Å². The first-order valence-corrected chi connectivity index (χ1v) is 7.69. The van der Waals surface area contributed by atoms with Crippen molar-refractivity contribution in [3.63, 3.8) is 0 Å². The monoisotopic (exact) mass is 308 g/mol. The van der Waals surface area contributed by atoms with Gasteiger partial charge in [0.15, 0.2) is 0 Å². The van der Waals surface area contributed by atoms with Gasteiger partial charge in [0, 0.05) is 20.2 Å². The van der Waals surface area contributed by atoms with Gasteiger partial charge in [-0.2, -0.15) is 0 Å². The van der Waals surface area contributed by atoms with E-state index in [1.165, 1.54) is 0 Å². The van der Waals surface area contributed by atoms with Crippen LogP contribution in [-0.4, -0.2) is 49.6 Å². The highest BCUT2D eigenvalue weighted by Gasteiger charge is 2.33. The van der Waals surface area contributed by atoms with Gasteiger partial charge in [-0.3, -0.25) is 9.59 Å². The van der Waals surface area contributed by atoms with Crippen LogP contribution >= 0.6 is 0 Å². The molecule has 1 aliphatic rings. The van der Waals surface area contributed by atoms with Gasteiger partial charge in [-0.1, -0.05) is 0 Å². The molecule has 2 heterocycles. The van der Waals surface area contributed by atoms with E-state index in [9.17, 15) is 9.59 Å². The SMILES string of the molecule is COCCNC(=O)[C@@H]1CCCCN1C(=O)c1cc(C)oc1C. The first-order valence-electron chi connectivity index (χ1n) is 7.69. The van der Waals surface area contributed by atoms with Crippen molar-refractivity contribution in [2.75, 3.05) is 26.8 Å². The number of piperidine rings is 1. The molecule has 0 unspecified atom stereocenters. The molecule has 1 saturated heterocycles. The number of hydrogen-bond donors (Lipinski definition) is 1. The molecule has 0 radical (unpaired) electrons. The molecule has 0 spiro atoms. The molecule has 6 heteroatoms. The summed E-state index contributed by atoms with van der Waals surface area (Å²) in [5.41, 5.74) is 0.550. The largest absolute Gasteiger partial charge is 0.466 e. The topological polar surface area (TPSA) is 71.8 Å². The van der Waals surface area contributed by atoms with Crippen molar-refractivity contribution < 1.29 is 18.7 Å². The minimum atomic E-state index is -0.410. The van der Waals surface area contributed by atoms with Crippen LogP contribution in [0.25, 0.3) is 0 Å². The molecule has 0 aliphatic carbocycles. The summed E-state index contributed by atoms with van der Waals surface area (Å²) in [4.78, 5) is 26.7. The Hall–Kier alpha value is -1.82. The van der Waals surface area contributed by atoms with Crippen molar-refractivity contribution in [3.05, 3.63) is 23.2 Å². The molecular formula is C16H24N2O4. The van der Waals surface area contributed by atoms with Crippen LogP contribution in [0, 0.1) is 13.8 Å². The van der Waals surface area contributed by atoms with Crippen LogP contribution in [-0.2, 0) is 9.53 Å². The fourth-order valence-electron chi connectivity index (χ4n) is 2.84. The number of amides is 2. The predicted molar refractivity (Wildman–Crippen MR) is 81.7 cm³/mol. The Balaban J connectivity index is 2.10. The number of ether oxygens (including phenoxy) is 1. The van der Waals surface area contributed by atoms with Crippen molar-refractivity contribution in [2.45, 2.75) is 39.2 Å². The lowest BCUT2D eigenvalue weighted by Crippen LogP contribution is -2.52. The first kappa shape index (κ1) is 16.5. The smallest absolute Gasteiger partial charge is 0.258 e. The van der Waals surface area contributed by atoms with E-state index >= 15 is 0 Å². The molecule has 2 rings (SSSR count). The van der Waals surface area contributed by atoms with Crippen molar-refractivity contribution in [1.29, 1.82) is 0 Å².